The standard InChI is InChI=1S/C45H56F2N5O10PS/c1-8-50-19-18-32-15-16-35(40(55)51-23-30(22-48)33(24-51)28-12-10-9-11-13-28)52(32)39(54)34(25-50)49-38(53)37-21-29-20-31(14-17-36(29)64-37)45(46,47)63(58,61-26-59-41(56)43(2,3)4)62-27-60-42(57)44(5,6)7/h9-14,17,20-21,30,32-35H,8,15-16,18-19,23-27H2,1-7H3,(H,49,53)/t30-,32+,33+,34?,35-/m0/s1. The highest BCUT2D eigenvalue weighted by molar-refractivity contribution is 7.54. The molecule has 2 aromatic carbocycles. The number of amides is 3. The molecule has 3 aliphatic heterocycles. The lowest BCUT2D eigenvalue weighted by molar-refractivity contribution is -0.163. The predicted molar refractivity (Wildman–Crippen MR) is 233 cm³/mol. The average Bonchev–Trinajstić information content (AvgIpc) is 4.00. The van der Waals surface area contributed by atoms with Gasteiger partial charge in [-0.3, -0.25) is 37.6 Å². The molecule has 0 aliphatic carbocycles. The number of hydrogen-bond acceptors (Lipinski definition) is 13. The molecule has 15 nitrogen and oxygen atoms in total. The van der Waals surface area contributed by atoms with Gasteiger partial charge in [0.05, 0.1) is 27.7 Å². The Morgan fingerprint density at radius 1 is 0.891 bits per heavy atom. The van der Waals surface area contributed by atoms with Crippen molar-refractivity contribution in [3.63, 3.8) is 0 Å². The zero-order valence-electron chi connectivity index (χ0n) is 37.1. The number of nitriles is 1. The van der Waals surface area contributed by atoms with E-state index in [1.54, 1.807) is 9.80 Å². The number of halogens is 2. The number of likely N-dealkylation sites (N-methyl/N-ethyl adjacent to an activating group) is 1. The highest BCUT2D eigenvalue weighted by Gasteiger charge is 2.56. The Bertz CT molecular complexity index is 2290. The van der Waals surface area contributed by atoms with Crippen LogP contribution in [0.5, 0.6) is 0 Å². The molecule has 64 heavy (non-hydrogen) atoms. The van der Waals surface area contributed by atoms with Crippen molar-refractivity contribution in [3.05, 3.63) is 70.6 Å². The van der Waals surface area contributed by atoms with Crippen LogP contribution in [0.1, 0.15) is 94.4 Å². The number of thiophene rings is 1. The zero-order valence-corrected chi connectivity index (χ0v) is 38.8. The second kappa shape index (κ2) is 19.4. The fourth-order valence-electron chi connectivity index (χ4n) is 8.10. The number of hydrogen-bond donors (Lipinski definition) is 1. The van der Waals surface area contributed by atoms with Crippen LogP contribution in [0.4, 0.5) is 8.78 Å². The van der Waals surface area contributed by atoms with E-state index < -0.39 is 85.0 Å². The number of benzene rings is 2. The predicted octanol–water partition coefficient (Wildman–Crippen LogP) is 7.22. The second-order valence-corrected chi connectivity index (χ2v) is 21.6. The van der Waals surface area contributed by atoms with Gasteiger partial charge in [-0.05, 0) is 96.5 Å². The number of likely N-dealkylation sites (tertiary alicyclic amines) is 1. The molecular weight excluding hydrogens is 872 g/mol. The summed E-state index contributed by atoms with van der Waals surface area (Å²) < 4.78 is 67.0. The van der Waals surface area contributed by atoms with Gasteiger partial charge in [-0.2, -0.15) is 14.0 Å². The maximum Gasteiger partial charge on any atom is 0.410 e. The summed E-state index contributed by atoms with van der Waals surface area (Å²) in [4.78, 5) is 73.0. The lowest BCUT2D eigenvalue weighted by Gasteiger charge is -2.39. The molecule has 19 heteroatoms. The van der Waals surface area contributed by atoms with E-state index in [0.29, 0.717) is 43.6 Å². The van der Waals surface area contributed by atoms with Crippen molar-refractivity contribution in [2.75, 3.05) is 46.3 Å². The molecule has 3 aliphatic rings. The SMILES string of the molecule is CCN1CC[C@H]2CC[C@@H](C(=O)N3C[C@H](c4ccccc4)[C@@H](C#N)C3)N2C(=O)C(NC(=O)c2cc3cc(C(F)(F)P(=O)(OCOC(=O)C(C)(C)C)OCOC(=O)C(C)(C)C)ccc3s2)C1. The van der Waals surface area contributed by atoms with E-state index in [2.05, 4.69) is 16.3 Å². The van der Waals surface area contributed by atoms with Crippen molar-refractivity contribution < 1.29 is 55.8 Å². The highest BCUT2D eigenvalue weighted by Crippen LogP contribution is 2.67. The monoisotopic (exact) mass is 927 g/mol. The summed E-state index contributed by atoms with van der Waals surface area (Å²) >= 11 is 0.990. The molecule has 0 bridgehead atoms. The minimum Gasteiger partial charge on any atom is -0.438 e. The summed E-state index contributed by atoms with van der Waals surface area (Å²) in [6.45, 7) is 10.8. The summed E-state index contributed by atoms with van der Waals surface area (Å²) in [5.74, 6) is -3.46. The molecular formula is C45H56F2N5O10PS. The summed E-state index contributed by atoms with van der Waals surface area (Å²) in [6, 6.07) is 14.6. The van der Waals surface area contributed by atoms with E-state index in [1.165, 1.54) is 53.7 Å². The molecule has 6 rings (SSSR count). The van der Waals surface area contributed by atoms with E-state index in [0.717, 1.165) is 29.0 Å². The molecule has 1 N–H and O–H groups in total. The minimum absolute atomic E-state index is 0.101. The number of ether oxygens (including phenoxy) is 2. The summed E-state index contributed by atoms with van der Waals surface area (Å²) in [6.07, 6.45) is 1.70. The molecule has 3 saturated heterocycles. The van der Waals surface area contributed by atoms with Crippen molar-refractivity contribution in [2.24, 2.45) is 16.7 Å². The Balaban J connectivity index is 1.21. The van der Waals surface area contributed by atoms with Gasteiger partial charge in [0, 0.05) is 48.4 Å². The molecule has 0 saturated carbocycles. The first-order valence-electron chi connectivity index (χ1n) is 21.3. The largest absolute Gasteiger partial charge is 0.438 e. The number of esters is 2. The number of nitrogens with zero attached hydrogens (tertiary/aromatic N) is 4. The van der Waals surface area contributed by atoms with Crippen molar-refractivity contribution in [1.29, 1.82) is 5.26 Å². The lowest BCUT2D eigenvalue weighted by atomic mass is 9.90. The van der Waals surface area contributed by atoms with Gasteiger partial charge < -0.3 is 29.5 Å². The van der Waals surface area contributed by atoms with Gasteiger partial charge in [-0.15, -0.1) is 11.3 Å². The van der Waals surface area contributed by atoms with Crippen LogP contribution in [0.25, 0.3) is 10.1 Å². The van der Waals surface area contributed by atoms with Gasteiger partial charge in [-0.25, -0.2) is 0 Å². The van der Waals surface area contributed by atoms with Gasteiger partial charge in [0.2, 0.25) is 25.4 Å². The molecule has 4 heterocycles. The van der Waals surface area contributed by atoms with E-state index in [-0.39, 0.29) is 41.2 Å². The van der Waals surface area contributed by atoms with Crippen molar-refractivity contribution in [1.82, 2.24) is 20.0 Å². The Labute approximate surface area is 375 Å². The van der Waals surface area contributed by atoms with Gasteiger partial charge >= 0.3 is 25.2 Å². The number of nitrogens with one attached hydrogen (secondary N) is 1. The summed E-state index contributed by atoms with van der Waals surface area (Å²) in [7, 11) is -5.60. The lowest BCUT2D eigenvalue weighted by Crippen LogP contribution is -2.60. The van der Waals surface area contributed by atoms with Crippen LogP contribution in [0.15, 0.2) is 54.6 Å². The van der Waals surface area contributed by atoms with Crippen molar-refractivity contribution in [3.8, 4) is 6.07 Å². The van der Waals surface area contributed by atoms with Crippen molar-refractivity contribution in [2.45, 2.75) is 97.4 Å². The van der Waals surface area contributed by atoms with Crippen LogP contribution in [0.3, 0.4) is 0 Å². The van der Waals surface area contributed by atoms with Gasteiger partial charge in [0.25, 0.3) is 5.91 Å². The normalized spacial score (nSPS) is 22.4. The molecule has 0 radical (unpaired) electrons. The summed E-state index contributed by atoms with van der Waals surface area (Å²) in [5.41, 5.74) is -6.30. The van der Waals surface area contributed by atoms with E-state index in [1.807, 2.05) is 37.3 Å². The van der Waals surface area contributed by atoms with Crippen LogP contribution in [0, 0.1) is 28.1 Å². The van der Waals surface area contributed by atoms with Gasteiger partial charge in [0.1, 0.15) is 12.1 Å². The van der Waals surface area contributed by atoms with Gasteiger partial charge in [-0.1, -0.05) is 43.3 Å². The maximum atomic E-state index is 16.4. The second-order valence-electron chi connectivity index (χ2n) is 18.5. The maximum absolute atomic E-state index is 16.4. The molecule has 3 fully saturated rings. The quantitative estimate of drug-likeness (QED) is 0.103. The van der Waals surface area contributed by atoms with Crippen molar-refractivity contribution >= 4 is 58.7 Å². The minimum atomic E-state index is -5.60. The van der Waals surface area contributed by atoms with Crippen LogP contribution in [-0.4, -0.2) is 109 Å². The fourth-order valence-corrected chi connectivity index (χ4v) is 10.3. The fraction of sp³-hybridized carbons (Fsp3) is 0.556. The van der Waals surface area contributed by atoms with E-state index in [9.17, 15) is 33.8 Å². The number of rotatable bonds is 13. The number of fused-ring (bicyclic) bond motifs is 2. The molecule has 346 valence electrons. The molecule has 3 amide bonds. The Kier molecular flexibility index (Phi) is 14.7. The third kappa shape index (κ3) is 10.5. The molecule has 3 aromatic rings. The van der Waals surface area contributed by atoms with Gasteiger partial charge in [0.15, 0.2) is 0 Å². The van der Waals surface area contributed by atoms with E-state index >= 15 is 8.78 Å². The molecule has 5 atom stereocenters. The summed E-state index contributed by atoms with van der Waals surface area (Å²) in [5, 5.41) is 13.1. The van der Waals surface area contributed by atoms with Crippen LogP contribution in [-0.2, 0) is 47.9 Å². The first-order chi connectivity index (χ1) is 30.1. The smallest absolute Gasteiger partial charge is 0.410 e. The number of carbonyl (C=O) groups excluding carboxylic acids is 5. The number of carbonyl (C=O) groups is 5. The highest BCUT2D eigenvalue weighted by atomic mass is 32.1. The molecule has 0 spiro atoms. The molecule has 1 unspecified atom stereocenters. The molecule has 1 aromatic heterocycles. The Morgan fingerprint density at radius 2 is 1.53 bits per heavy atom. The Morgan fingerprint density at radius 3 is 2.12 bits per heavy atom. The topological polar surface area (TPSA) is 185 Å². The zero-order chi connectivity index (χ0) is 46.8. The first kappa shape index (κ1) is 48.7. The third-order valence-electron chi connectivity index (χ3n) is 11.8. The third-order valence-corrected chi connectivity index (χ3v) is 14.8. The van der Waals surface area contributed by atoms with Crippen LogP contribution >= 0.6 is 18.9 Å². The van der Waals surface area contributed by atoms with E-state index in [4.69, 9.17) is 18.5 Å². The van der Waals surface area contributed by atoms with Crippen LogP contribution < -0.4 is 5.32 Å². The Hall–Kier alpha value is -4.79. The average molecular weight is 928 g/mol. The first-order valence-corrected chi connectivity index (χ1v) is 23.7. The van der Waals surface area contributed by atoms with Crippen LogP contribution in [0.2, 0.25) is 0 Å². The number of alkyl halides is 2.